The van der Waals surface area contributed by atoms with Crippen molar-refractivity contribution in [2.75, 3.05) is 0 Å². The van der Waals surface area contributed by atoms with Gasteiger partial charge in [-0.15, -0.1) is 0 Å². The van der Waals surface area contributed by atoms with E-state index in [4.69, 9.17) is 16.9 Å². The average molecular weight is 214 g/mol. The fraction of sp³-hybridized carbons (Fsp3) is 0.111. The van der Waals surface area contributed by atoms with E-state index in [1.165, 1.54) is 12.1 Å². The molecule has 0 aliphatic rings. The number of ketones is 1. The first-order valence-corrected chi connectivity index (χ1v) is 4.23. The predicted molar refractivity (Wildman–Crippen MR) is 51.2 cm³/mol. The van der Waals surface area contributed by atoms with E-state index < -0.39 is 17.8 Å². The highest BCUT2D eigenvalue weighted by Gasteiger charge is 2.25. The molecule has 0 bridgehead atoms. The van der Waals surface area contributed by atoms with E-state index in [2.05, 4.69) is 0 Å². The number of aliphatic carboxylic acids is 1. The first kappa shape index (κ1) is 10.7. The molecule has 0 unspecified atom stereocenters. The Morgan fingerprint density at radius 2 is 1.86 bits per heavy atom. The molecule has 4 nitrogen and oxygen atoms in total. The Hall–Kier alpha value is -1.39. The summed E-state index contributed by atoms with van der Waals surface area (Å²) < 4.78 is 0. The van der Waals surface area contributed by atoms with E-state index in [1.807, 2.05) is 4.84 Å². The topological polar surface area (TPSA) is 66.4 Å². The number of carboxylic acids is 1. The van der Waals surface area contributed by atoms with Crippen LogP contribution in [0.15, 0.2) is 30.3 Å². The van der Waals surface area contributed by atoms with Gasteiger partial charge in [0.05, 0.1) is 0 Å². The molecular formula is C9H8ClNO3. The van der Waals surface area contributed by atoms with Crippen LogP contribution in [0.5, 0.6) is 0 Å². The van der Waals surface area contributed by atoms with Crippen LogP contribution in [0.1, 0.15) is 10.4 Å². The maximum Gasteiger partial charge on any atom is 0.330 e. The zero-order chi connectivity index (χ0) is 10.6. The van der Waals surface area contributed by atoms with Crippen molar-refractivity contribution in [1.29, 1.82) is 0 Å². The standard InChI is InChI=1S/C9H8ClNO3/c10-11-7(9(13)14)8(12)6-4-2-1-3-5-6/h1-5,7,11H,(H,13,14)/t7-/m0/s1. The van der Waals surface area contributed by atoms with E-state index in [1.54, 1.807) is 18.2 Å². The molecule has 0 heterocycles. The number of nitrogens with one attached hydrogen (secondary N) is 1. The van der Waals surface area contributed by atoms with Gasteiger partial charge in [0.25, 0.3) is 0 Å². The summed E-state index contributed by atoms with van der Waals surface area (Å²) >= 11 is 5.16. The van der Waals surface area contributed by atoms with Gasteiger partial charge in [0.15, 0.2) is 11.8 Å². The quantitative estimate of drug-likeness (QED) is 0.446. The van der Waals surface area contributed by atoms with E-state index >= 15 is 0 Å². The Balaban J connectivity index is 2.89. The molecule has 0 aliphatic carbocycles. The van der Waals surface area contributed by atoms with Crippen LogP contribution in [-0.2, 0) is 4.79 Å². The zero-order valence-electron chi connectivity index (χ0n) is 7.11. The van der Waals surface area contributed by atoms with Gasteiger partial charge in [0.2, 0.25) is 0 Å². The highest BCUT2D eigenvalue weighted by Crippen LogP contribution is 2.04. The zero-order valence-corrected chi connectivity index (χ0v) is 7.86. The lowest BCUT2D eigenvalue weighted by molar-refractivity contribution is -0.137. The van der Waals surface area contributed by atoms with E-state index in [-0.39, 0.29) is 0 Å². The molecule has 0 saturated heterocycles. The van der Waals surface area contributed by atoms with Crippen LogP contribution in [-0.4, -0.2) is 22.9 Å². The van der Waals surface area contributed by atoms with Gasteiger partial charge in [0.1, 0.15) is 0 Å². The molecule has 0 aliphatic heterocycles. The number of benzene rings is 1. The highest BCUT2D eigenvalue weighted by molar-refractivity contribution is 6.21. The summed E-state index contributed by atoms with van der Waals surface area (Å²) in [4.78, 5) is 24.0. The minimum Gasteiger partial charge on any atom is -0.480 e. The SMILES string of the molecule is O=C(O)[C@@H](NCl)C(=O)c1ccccc1. The molecule has 1 atom stereocenters. The third-order valence-electron chi connectivity index (χ3n) is 1.68. The summed E-state index contributed by atoms with van der Waals surface area (Å²) in [5.74, 6) is -1.86. The minimum absolute atomic E-state index is 0.313. The van der Waals surface area contributed by atoms with Crippen molar-refractivity contribution < 1.29 is 14.7 Å². The monoisotopic (exact) mass is 213 g/mol. The van der Waals surface area contributed by atoms with E-state index in [9.17, 15) is 9.59 Å². The van der Waals surface area contributed by atoms with Crippen LogP contribution in [0, 0.1) is 0 Å². The van der Waals surface area contributed by atoms with Crippen LogP contribution in [0.4, 0.5) is 0 Å². The fourth-order valence-corrected chi connectivity index (χ4v) is 1.17. The van der Waals surface area contributed by atoms with E-state index in [0.29, 0.717) is 5.56 Å². The number of halogens is 1. The number of hydrogen-bond donors (Lipinski definition) is 2. The van der Waals surface area contributed by atoms with Crippen molar-refractivity contribution in [3.8, 4) is 0 Å². The van der Waals surface area contributed by atoms with Gasteiger partial charge in [-0.3, -0.25) is 4.79 Å². The molecule has 0 aromatic heterocycles. The highest BCUT2D eigenvalue weighted by atomic mass is 35.5. The Labute approximate surface area is 85.6 Å². The second-order valence-electron chi connectivity index (χ2n) is 2.61. The lowest BCUT2D eigenvalue weighted by atomic mass is 10.1. The molecule has 0 fully saturated rings. The summed E-state index contributed by atoms with van der Waals surface area (Å²) in [5.41, 5.74) is 0.313. The second kappa shape index (κ2) is 4.74. The number of carbonyl (C=O) groups is 2. The van der Waals surface area contributed by atoms with Crippen LogP contribution in [0.25, 0.3) is 0 Å². The van der Waals surface area contributed by atoms with Gasteiger partial charge in [-0.25, -0.2) is 9.63 Å². The predicted octanol–water partition coefficient (Wildman–Crippen LogP) is 1.07. The van der Waals surface area contributed by atoms with Crippen molar-refractivity contribution in [3.63, 3.8) is 0 Å². The largest absolute Gasteiger partial charge is 0.480 e. The van der Waals surface area contributed by atoms with Crippen molar-refractivity contribution >= 4 is 23.5 Å². The first-order chi connectivity index (χ1) is 6.66. The van der Waals surface area contributed by atoms with Gasteiger partial charge in [-0.1, -0.05) is 30.3 Å². The van der Waals surface area contributed by atoms with Crippen molar-refractivity contribution in [3.05, 3.63) is 35.9 Å². The molecule has 1 aromatic carbocycles. The van der Waals surface area contributed by atoms with Crippen LogP contribution >= 0.6 is 11.8 Å². The molecule has 2 N–H and O–H groups in total. The molecular weight excluding hydrogens is 206 g/mol. The summed E-state index contributed by atoms with van der Waals surface area (Å²) in [6.07, 6.45) is 0. The smallest absolute Gasteiger partial charge is 0.330 e. The number of hydrogen-bond acceptors (Lipinski definition) is 3. The van der Waals surface area contributed by atoms with Crippen molar-refractivity contribution in [1.82, 2.24) is 4.84 Å². The maximum absolute atomic E-state index is 11.5. The lowest BCUT2D eigenvalue weighted by Crippen LogP contribution is -2.38. The molecule has 74 valence electrons. The Morgan fingerprint density at radius 3 is 2.29 bits per heavy atom. The van der Waals surface area contributed by atoms with E-state index in [0.717, 1.165) is 0 Å². The van der Waals surface area contributed by atoms with Gasteiger partial charge < -0.3 is 5.11 Å². The average Bonchev–Trinajstić information content (AvgIpc) is 2.19. The summed E-state index contributed by atoms with van der Waals surface area (Å²) in [5, 5.41) is 8.64. The first-order valence-electron chi connectivity index (χ1n) is 3.85. The second-order valence-corrected chi connectivity index (χ2v) is 2.83. The van der Waals surface area contributed by atoms with Crippen molar-refractivity contribution in [2.45, 2.75) is 6.04 Å². The normalized spacial score (nSPS) is 12.1. The minimum atomic E-state index is -1.40. The molecule has 0 spiro atoms. The number of carboxylic acid groups (broad SMARTS) is 1. The van der Waals surface area contributed by atoms with Crippen LogP contribution < -0.4 is 4.84 Å². The number of rotatable bonds is 4. The number of Topliss-reactive ketones (excluding diaryl/α,β-unsaturated/α-hetero) is 1. The third-order valence-corrected chi connectivity index (χ3v) is 1.89. The lowest BCUT2D eigenvalue weighted by Gasteiger charge is -2.07. The fourth-order valence-electron chi connectivity index (χ4n) is 0.977. The number of carbonyl (C=O) groups excluding carboxylic acids is 1. The summed E-state index contributed by atoms with van der Waals surface area (Å²) in [7, 11) is 0. The Kier molecular flexibility index (Phi) is 3.62. The molecule has 1 rings (SSSR count). The maximum atomic E-state index is 11.5. The van der Waals surface area contributed by atoms with Crippen LogP contribution in [0.3, 0.4) is 0 Å². The molecule has 0 radical (unpaired) electrons. The Morgan fingerprint density at radius 1 is 1.29 bits per heavy atom. The summed E-state index contributed by atoms with van der Waals surface area (Å²) in [6.45, 7) is 0. The Bertz CT molecular complexity index is 339. The van der Waals surface area contributed by atoms with Gasteiger partial charge in [-0.2, -0.15) is 0 Å². The third kappa shape index (κ3) is 2.31. The molecule has 0 saturated carbocycles. The summed E-state index contributed by atoms with van der Waals surface area (Å²) in [6, 6.07) is 6.71. The molecule has 5 heteroatoms. The molecule has 0 amide bonds. The van der Waals surface area contributed by atoms with Gasteiger partial charge in [-0.05, 0) is 11.8 Å². The van der Waals surface area contributed by atoms with Crippen LogP contribution in [0.2, 0.25) is 0 Å². The van der Waals surface area contributed by atoms with Gasteiger partial charge >= 0.3 is 5.97 Å². The van der Waals surface area contributed by atoms with Gasteiger partial charge in [0, 0.05) is 5.56 Å². The van der Waals surface area contributed by atoms with Crippen molar-refractivity contribution in [2.24, 2.45) is 0 Å². The molecule has 14 heavy (non-hydrogen) atoms. The molecule has 1 aromatic rings.